The maximum absolute atomic E-state index is 12.3. The topological polar surface area (TPSA) is 59.8 Å². The van der Waals surface area contributed by atoms with Crippen molar-refractivity contribution in [2.24, 2.45) is 5.92 Å². The highest BCUT2D eigenvalue weighted by atomic mass is 32.2. The van der Waals surface area contributed by atoms with Crippen LogP contribution in [0.2, 0.25) is 0 Å². The lowest BCUT2D eigenvalue weighted by Gasteiger charge is -2.12. The molecule has 0 atom stereocenters. The number of aromatic nitrogens is 3. The third-order valence-electron chi connectivity index (χ3n) is 3.93. The van der Waals surface area contributed by atoms with Crippen LogP contribution in [0.3, 0.4) is 0 Å². The van der Waals surface area contributed by atoms with Crippen molar-refractivity contribution >= 4 is 23.4 Å². The van der Waals surface area contributed by atoms with E-state index in [0.29, 0.717) is 11.7 Å². The van der Waals surface area contributed by atoms with E-state index in [-0.39, 0.29) is 5.91 Å². The highest BCUT2D eigenvalue weighted by molar-refractivity contribution is 7.99. The zero-order valence-electron chi connectivity index (χ0n) is 15.8. The van der Waals surface area contributed by atoms with E-state index in [1.165, 1.54) is 11.8 Å². The number of aryl methyl sites for hydroxylation is 1. The summed E-state index contributed by atoms with van der Waals surface area (Å²) in [5.74, 6) is 1.53. The second kappa shape index (κ2) is 8.86. The van der Waals surface area contributed by atoms with Gasteiger partial charge in [0.25, 0.3) is 0 Å². The van der Waals surface area contributed by atoms with Crippen LogP contribution < -0.4 is 5.32 Å². The number of amides is 1. The van der Waals surface area contributed by atoms with E-state index >= 15 is 0 Å². The summed E-state index contributed by atoms with van der Waals surface area (Å²) in [6.07, 6.45) is 0. The largest absolute Gasteiger partial charge is 0.325 e. The molecule has 1 amide bonds. The standard InChI is InChI=1S/C21H24N4OS/c1-15(2)13-25-20(17-9-5-4-6-10-17)23-24-21(25)27-14-19(26)22-18-11-7-8-16(3)12-18/h4-12,15H,13-14H2,1-3H3,(H,22,26). The molecule has 0 aliphatic carbocycles. The molecule has 0 aliphatic heterocycles. The van der Waals surface area contributed by atoms with Crippen molar-refractivity contribution in [3.05, 3.63) is 60.2 Å². The number of thioether (sulfide) groups is 1. The van der Waals surface area contributed by atoms with Crippen LogP contribution >= 0.6 is 11.8 Å². The minimum absolute atomic E-state index is 0.0500. The summed E-state index contributed by atoms with van der Waals surface area (Å²) in [4.78, 5) is 12.3. The maximum Gasteiger partial charge on any atom is 0.234 e. The average Bonchev–Trinajstić information content (AvgIpc) is 3.02. The Balaban J connectivity index is 1.72. The Kier molecular flexibility index (Phi) is 6.29. The molecule has 5 nitrogen and oxygen atoms in total. The summed E-state index contributed by atoms with van der Waals surface area (Å²) in [7, 11) is 0. The molecule has 27 heavy (non-hydrogen) atoms. The van der Waals surface area contributed by atoms with E-state index in [0.717, 1.165) is 34.3 Å². The second-order valence-electron chi connectivity index (χ2n) is 6.88. The average molecular weight is 381 g/mol. The first kappa shape index (κ1) is 19.2. The molecule has 0 fully saturated rings. The van der Waals surface area contributed by atoms with Gasteiger partial charge in [-0.25, -0.2) is 0 Å². The van der Waals surface area contributed by atoms with Gasteiger partial charge in [0.05, 0.1) is 5.75 Å². The van der Waals surface area contributed by atoms with E-state index in [2.05, 4.69) is 33.9 Å². The van der Waals surface area contributed by atoms with Gasteiger partial charge in [-0.3, -0.25) is 4.79 Å². The van der Waals surface area contributed by atoms with Crippen LogP contribution in [-0.2, 0) is 11.3 Å². The minimum Gasteiger partial charge on any atom is -0.325 e. The molecule has 0 radical (unpaired) electrons. The molecule has 0 bridgehead atoms. The molecular weight excluding hydrogens is 356 g/mol. The van der Waals surface area contributed by atoms with E-state index in [4.69, 9.17) is 0 Å². The Morgan fingerprint density at radius 2 is 1.89 bits per heavy atom. The molecule has 6 heteroatoms. The third kappa shape index (κ3) is 5.20. The monoisotopic (exact) mass is 380 g/mol. The third-order valence-corrected chi connectivity index (χ3v) is 4.90. The molecule has 1 aromatic heterocycles. The number of hydrogen-bond donors (Lipinski definition) is 1. The molecule has 0 aliphatic rings. The maximum atomic E-state index is 12.3. The summed E-state index contributed by atoms with van der Waals surface area (Å²) in [6.45, 7) is 7.13. The number of nitrogens with one attached hydrogen (secondary N) is 1. The molecule has 0 spiro atoms. The van der Waals surface area contributed by atoms with Crippen molar-refractivity contribution in [2.45, 2.75) is 32.5 Å². The highest BCUT2D eigenvalue weighted by Crippen LogP contribution is 2.25. The lowest BCUT2D eigenvalue weighted by atomic mass is 10.2. The van der Waals surface area contributed by atoms with Crippen LogP contribution in [0.5, 0.6) is 0 Å². The molecule has 0 saturated heterocycles. The van der Waals surface area contributed by atoms with Crippen molar-refractivity contribution in [3.63, 3.8) is 0 Å². The highest BCUT2D eigenvalue weighted by Gasteiger charge is 2.16. The summed E-state index contributed by atoms with van der Waals surface area (Å²) >= 11 is 1.41. The van der Waals surface area contributed by atoms with Crippen LogP contribution in [0.25, 0.3) is 11.4 Å². The lowest BCUT2D eigenvalue weighted by molar-refractivity contribution is -0.113. The quantitative estimate of drug-likeness (QED) is 0.607. The van der Waals surface area contributed by atoms with Gasteiger partial charge in [0, 0.05) is 17.8 Å². The van der Waals surface area contributed by atoms with Crippen molar-refractivity contribution in [3.8, 4) is 11.4 Å². The number of anilines is 1. The number of carbonyl (C=O) groups excluding carboxylic acids is 1. The number of carbonyl (C=O) groups is 1. The Hall–Kier alpha value is -2.60. The lowest BCUT2D eigenvalue weighted by Crippen LogP contribution is -2.15. The number of benzene rings is 2. The van der Waals surface area contributed by atoms with Crippen LogP contribution in [0, 0.1) is 12.8 Å². The molecule has 2 aromatic carbocycles. The van der Waals surface area contributed by atoms with Crippen molar-refractivity contribution in [1.29, 1.82) is 0 Å². The first-order chi connectivity index (χ1) is 13.0. The van der Waals surface area contributed by atoms with Gasteiger partial charge in [-0.15, -0.1) is 10.2 Å². The smallest absolute Gasteiger partial charge is 0.234 e. The Bertz CT molecular complexity index is 906. The molecular formula is C21H24N4OS. The summed E-state index contributed by atoms with van der Waals surface area (Å²) in [5, 5.41) is 12.4. The zero-order valence-corrected chi connectivity index (χ0v) is 16.7. The summed E-state index contributed by atoms with van der Waals surface area (Å²) in [6, 6.07) is 17.8. The van der Waals surface area contributed by atoms with Crippen LogP contribution in [0.1, 0.15) is 19.4 Å². The molecule has 3 rings (SSSR count). The van der Waals surface area contributed by atoms with Gasteiger partial charge in [0.15, 0.2) is 11.0 Å². The first-order valence-electron chi connectivity index (χ1n) is 9.01. The van der Waals surface area contributed by atoms with E-state index in [1.54, 1.807) is 0 Å². The van der Waals surface area contributed by atoms with Gasteiger partial charge in [-0.1, -0.05) is 68.1 Å². The van der Waals surface area contributed by atoms with Crippen molar-refractivity contribution in [2.75, 3.05) is 11.1 Å². The number of nitrogens with zero attached hydrogens (tertiary/aromatic N) is 3. The summed E-state index contributed by atoms with van der Waals surface area (Å²) in [5.41, 5.74) is 2.96. The Morgan fingerprint density at radius 1 is 1.11 bits per heavy atom. The fourth-order valence-electron chi connectivity index (χ4n) is 2.78. The minimum atomic E-state index is -0.0500. The Morgan fingerprint density at radius 3 is 2.59 bits per heavy atom. The first-order valence-corrected chi connectivity index (χ1v) is 9.99. The van der Waals surface area contributed by atoms with Crippen LogP contribution in [-0.4, -0.2) is 26.4 Å². The van der Waals surface area contributed by atoms with Gasteiger partial charge < -0.3 is 9.88 Å². The van der Waals surface area contributed by atoms with E-state index in [9.17, 15) is 4.79 Å². The zero-order chi connectivity index (χ0) is 19.2. The predicted molar refractivity (Wildman–Crippen MR) is 111 cm³/mol. The van der Waals surface area contributed by atoms with Gasteiger partial charge in [0.1, 0.15) is 0 Å². The van der Waals surface area contributed by atoms with Gasteiger partial charge in [-0.05, 0) is 30.5 Å². The fraction of sp³-hybridized carbons (Fsp3) is 0.286. The van der Waals surface area contributed by atoms with Crippen LogP contribution in [0.4, 0.5) is 5.69 Å². The molecule has 1 N–H and O–H groups in total. The predicted octanol–water partition coefficient (Wildman–Crippen LogP) is 4.64. The van der Waals surface area contributed by atoms with Crippen LogP contribution in [0.15, 0.2) is 59.8 Å². The normalized spacial score (nSPS) is 11.0. The number of rotatable bonds is 7. The molecule has 140 valence electrons. The van der Waals surface area contributed by atoms with Crippen molar-refractivity contribution < 1.29 is 4.79 Å². The summed E-state index contributed by atoms with van der Waals surface area (Å²) < 4.78 is 2.10. The van der Waals surface area contributed by atoms with Gasteiger partial charge >= 0.3 is 0 Å². The Labute approximate surface area is 164 Å². The molecule has 1 heterocycles. The SMILES string of the molecule is Cc1cccc(NC(=O)CSc2nnc(-c3ccccc3)n2CC(C)C)c1. The van der Waals surface area contributed by atoms with Gasteiger partial charge in [-0.2, -0.15) is 0 Å². The molecule has 0 unspecified atom stereocenters. The number of hydrogen-bond acceptors (Lipinski definition) is 4. The molecule has 3 aromatic rings. The van der Waals surface area contributed by atoms with E-state index < -0.39 is 0 Å². The molecule has 0 saturated carbocycles. The second-order valence-corrected chi connectivity index (χ2v) is 7.83. The van der Waals surface area contributed by atoms with E-state index in [1.807, 2.05) is 61.5 Å². The van der Waals surface area contributed by atoms with Crippen molar-refractivity contribution in [1.82, 2.24) is 14.8 Å². The fourth-order valence-corrected chi connectivity index (χ4v) is 3.52. The van der Waals surface area contributed by atoms with Gasteiger partial charge in [0.2, 0.25) is 5.91 Å².